The van der Waals surface area contributed by atoms with Crippen LogP contribution in [0.2, 0.25) is 0 Å². The molecule has 3 aromatic carbocycles. The van der Waals surface area contributed by atoms with Gasteiger partial charge in [0, 0.05) is 29.6 Å². The van der Waals surface area contributed by atoms with Crippen LogP contribution in [0.3, 0.4) is 0 Å². The van der Waals surface area contributed by atoms with Crippen molar-refractivity contribution < 1.29 is 9.59 Å². The summed E-state index contributed by atoms with van der Waals surface area (Å²) in [4.78, 5) is 34.8. The molecule has 182 valence electrons. The molecular formula is C31H31N3O2. The number of aryl methyl sites for hydroxylation is 1. The summed E-state index contributed by atoms with van der Waals surface area (Å²) >= 11 is 0. The lowest BCUT2D eigenvalue weighted by Gasteiger charge is -2.47. The summed E-state index contributed by atoms with van der Waals surface area (Å²) in [5, 5.41) is 1.13. The maximum Gasteiger partial charge on any atom is 0.246 e. The average Bonchev–Trinajstić information content (AvgIpc) is 3.25. The number of nitrogens with zero attached hydrogens (tertiary/aromatic N) is 2. The molecule has 1 fully saturated rings. The molecule has 3 heterocycles. The molecule has 0 spiro atoms. The number of para-hydroxylation sites is 1. The van der Waals surface area contributed by atoms with E-state index in [0.29, 0.717) is 18.9 Å². The maximum absolute atomic E-state index is 13.9. The third kappa shape index (κ3) is 3.70. The summed E-state index contributed by atoms with van der Waals surface area (Å²) in [6.07, 6.45) is 0.523. The number of hydrogen-bond acceptors (Lipinski definition) is 2. The van der Waals surface area contributed by atoms with Gasteiger partial charge in [-0.05, 0) is 41.2 Å². The highest BCUT2D eigenvalue weighted by atomic mass is 16.2. The second kappa shape index (κ2) is 8.66. The van der Waals surface area contributed by atoms with E-state index in [9.17, 15) is 9.59 Å². The van der Waals surface area contributed by atoms with E-state index in [-0.39, 0.29) is 24.4 Å². The van der Waals surface area contributed by atoms with Gasteiger partial charge in [-0.2, -0.15) is 0 Å². The molecule has 5 heteroatoms. The Morgan fingerprint density at radius 2 is 1.67 bits per heavy atom. The number of fused-ring (bicyclic) bond motifs is 4. The van der Waals surface area contributed by atoms with Crippen molar-refractivity contribution in [1.29, 1.82) is 0 Å². The number of benzene rings is 3. The number of amides is 2. The van der Waals surface area contributed by atoms with Crippen LogP contribution in [0.25, 0.3) is 10.9 Å². The van der Waals surface area contributed by atoms with Gasteiger partial charge < -0.3 is 14.8 Å². The maximum atomic E-state index is 13.9. The highest BCUT2D eigenvalue weighted by Gasteiger charge is 2.48. The number of aromatic amines is 1. The third-order valence-corrected chi connectivity index (χ3v) is 7.76. The first-order chi connectivity index (χ1) is 17.4. The van der Waals surface area contributed by atoms with Crippen LogP contribution in [-0.4, -0.2) is 39.2 Å². The fraction of sp³-hybridized carbons (Fsp3) is 0.290. The van der Waals surface area contributed by atoms with Crippen molar-refractivity contribution in [1.82, 2.24) is 14.8 Å². The fourth-order valence-corrected chi connectivity index (χ4v) is 5.78. The average molecular weight is 478 g/mol. The van der Waals surface area contributed by atoms with Crippen molar-refractivity contribution in [3.05, 3.63) is 106 Å². The summed E-state index contributed by atoms with van der Waals surface area (Å²) in [7, 11) is 0. The van der Waals surface area contributed by atoms with Gasteiger partial charge in [-0.15, -0.1) is 0 Å². The highest BCUT2D eigenvalue weighted by molar-refractivity contribution is 5.97. The minimum absolute atomic E-state index is 0.00560. The number of carbonyl (C=O) groups excluding carboxylic acids is 2. The van der Waals surface area contributed by atoms with Crippen molar-refractivity contribution in [2.24, 2.45) is 0 Å². The lowest BCUT2D eigenvalue weighted by atomic mass is 9.85. The largest absolute Gasteiger partial charge is 0.356 e. The first-order valence-electron chi connectivity index (χ1n) is 12.8. The smallest absolute Gasteiger partial charge is 0.246 e. The van der Waals surface area contributed by atoms with Gasteiger partial charge in [0.15, 0.2) is 0 Å². The minimum atomic E-state index is -0.516. The van der Waals surface area contributed by atoms with Crippen molar-refractivity contribution >= 4 is 22.7 Å². The van der Waals surface area contributed by atoms with Crippen LogP contribution in [0.1, 0.15) is 59.3 Å². The quantitative estimate of drug-likeness (QED) is 0.423. The molecule has 36 heavy (non-hydrogen) atoms. The van der Waals surface area contributed by atoms with Crippen molar-refractivity contribution in [3.63, 3.8) is 0 Å². The summed E-state index contributed by atoms with van der Waals surface area (Å²) in [6, 6.07) is 24.1. The molecule has 1 aromatic heterocycles. The number of rotatable bonds is 4. The molecule has 4 aromatic rings. The Labute approximate surface area is 211 Å². The molecule has 5 nitrogen and oxygen atoms in total. The van der Waals surface area contributed by atoms with Crippen molar-refractivity contribution in [2.45, 2.75) is 51.7 Å². The zero-order chi connectivity index (χ0) is 25.0. The number of piperazine rings is 1. The van der Waals surface area contributed by atoms with Crippen molar-refractivity contribution in [3.8, 4) is 0 Å². The lowest BCUT2D eigenvalue weighted by Crippen LogP contribution is -2.62. The van der Waals surface area contributed by atoms with Gasteiger partial charge in [-0.1, -0.05) is 86.1 Å². The predicted octanol–water partition coefficient (Wildman–Crippen LogP) is 5.48. The Morgan fingerprint density at radius 1 is 0.944 bits per heavy atom. The van der Waals surface area contributed by atoms with Gasteiger partial charge >= 0.3 is 0 Å². The van der Waals surface area contributed by atoms with Crippen LogP contribution >= 0.6 is 0 Å². The molecule has 2 aliphatic rings. The van der Waals surface area contributed by atoms with Gasteiger partial charge in [0.1, 0.15) is 12.6 Å². The number of H-pyrrole nitrogens is 1. The Hall–Kier alpha value is -3.86. The van der Waals surface area contributed by atoms with E-state index < -0.39 is 6.04 Å². The molecule has 0 saturated carbocycles. The topological polar surface area (TPSA) is 56.4 Å². The predicted molar refractivity (Wildman–Crippen MR) is 142 cm³/mol. The van der Waals surface area contributed by atoms with Crippen LogP contribution in [0.5, 0.6) is 0 Å². The SMILES string of the molecule is Cc1ccc(CN2CC(=O)N3C(c4ccc(C(C)C)cc4)c4[nH]c5ccccc5c4C[C@@H]3C2=O)cc1. The van der Waals surface area contributed by atoms with Crippen LogP contribution in [-0.2, 0) is 22.6 Å². The van der Waals surface area contributed by atoms with Gasteiger partial charge in [-0.3, -0.25) is 9.59 Å². The minimum Gasteiger partial charge on any atom is -0.356 e. The van der Waals surface area contributed by atoms with E-state index in [1.54, 1.807) is 4.90 Å². The number of nitrogens with one attached hydrogen (secondary N) is 1. The third-order valence-electron chi connectivity index (χ3n) is 7.76. The van der Waals surface area contributed by atoms with E-state index in [2.05, 4.69) is 55.2 Å². The monoisotopic (exact) mass is 477 g/mol. The Kier molecular flexibility index (Phi) is 5.44. The zero-order valence-electron chi connectivity index (χ0n) is 21.0. The molecule has 2 amide bonds. The molecule has 2 aliphatic heterocycles. The molecule has 1 unspecified atom stereocenters. The van der Waals surface area contributed by atoms with Gasteiger partial charge in [0.2, 0.25) is 11.8 Å². The van der Waals surface area contributed by atoms with E-state index in [4.69, 9.17) is 0 Å². The summed E-state index contributed by atoms with van der Waals surface area (Å²) in [5.74, 6) is 0.444. The molecule has 0 radical (unpaired) electrons. The normalized spacial score (nSPS) is 19.7. The summed E-state index contributed by atoms with van der Waals surface area (Å²) in [5.41, 5.74) is 7.72. The standard InChI is InChI=1S/C31H31N3O2/c1-19(2)22-12-14-23(15-13-22)30-29-25(24-6-4-5-7-26(24)32-29)16-27-31(36)33(18-28(35)34(27)30)17-21-10-8-20(3)9-11-21/h4-15,19,27,30,32H,16-18H2,1-3H3/t27-,30?/m1/s1. The van der Waals surface area contributed by atoms with E-state index in [1.165, 1.54) is 11.1 Å². The van der Waals surface area contributed by atoms with Crippen LogP contribution in [0, 0.1) is 6.92 Å². The van der Waals surface area contributed by atoms with Gasteiger partial charge in [0.05, 0.1) is 6.04 Å². The summed E-state index contributed by atoms with van der Waals surface area (Å²) in [6.45, 7) is 6.95. The first-order valence-corrected chi connectivity index (χ1v) is 12.8. The Morgan fingerprint density at radius 3 is 2.39 bits per heavy atom. The van der Waals surface area contributed by atoms with E-state index >= 15 is 0 Å². The van der Waals surface area contributed by atoms with Gasteiger partial charge in [0.25, 0.3) is 0 Å². The van der Waals surface area contributed by atoms with Crippen LogP contribution < -0.4 is 0 Å². The number of carbonyl (C=O) groups is 2. The molecule has 0 bridgehead atoms. The zero-order valence-corrected chi connectivity index (χ0v) is 21.0. The molecular weight excluding hydrogens is 446 g/mol. The summed E-state index contributed by atoms with van der Waals surface area (Å²) < 4.78 is 0. The number of aromatic nitrogens is 1. The first kappa shape index (κ1) is 22.6. The van der Waals surface area contributed by atoms with E-state index in [0.717, 1.165) is 33.3 Å². The Balaban J connectivity index is 1.43. The van der Waals surface area contributed by atoms with Crippen LogP contribution in [0.15, 0.2) is 72.8 Å². The molecule has 1 saturated heterocycles. The molecule has 1 N–H and O–H groups in total. The van der Waals surface area contributed by atoms with Crippen LogP contribution in [0.4, 0.5) is 0 Å². The van der Waals surface area contributed by atoms with E-state index in [1.807, 2.05) is 48.2 Å². The second-order valence-corrected chi connectivity index (χ2v) is 10.5. The molecule has 0 aliphatic carbocycles. The molecule has 6 rings (SSSR count). The number of hydrogen-bond donors (Lipinski definition) is 1. The fourth-order valence-electron chi connectivity index (χ4n) is 5.78. The highest BCUT2D eigenvalue weighted by Crippen LogP contribution is 2.42. The molecule has 2 atom stereocenters. The lowest BCUT2D eigenvalue weighted by molar-refractivity contribution is -0.159. The van der Waals surface area contributed by atoms with Gasteiger partial charge in [-0.25, -0.2) is 0 Å². The van der Waals surface area contributed by atoms with Crippen molar-refractivity contribution in [2.75, 3.05) is 6.54 Å². The Bertz CT molecular complexity index is 1450. The second-order valence-electron chi connectivity index (χ2n) is 10.5.